The molecule has 0 saturated carbocycles. The first-order valence-electron chi connectivity index (χ1n) is 10.3. The molecule has 0 saturated heterocycles. The molecule has 2 amide bonds. The molecule has 0 aliphatic rings. The van der Waals surface area contributed by atoms with Gasteiger partial charge in [0.15, 0.2) is 0 Å². The van der Waals surface area contributed by atoms with Crippen LogP contribution < -0.4 is 5.32 Å². The van der Waals surface area contributed by atoms with Crippen LogP contribution in [0.5, 0.6) is 0 Å². The molecule has 0 fully saturated rings. The maximum Gasteiger partial charge on any atom is 0.407 e. The largest absolute Gasteiger partial charge is 0.444 e. The molecule has 30 heavy (non-hydrogen) atoms. The molecule has 6 nitrogen and oxygen atoms in total. The van der Waals surface area contributed by atoms with Gasteiger partial charge in [0.2, 0.25) is 0 Å². The Hall–Kier alpha value is -2.60. The van der Waals surface area contributed by atoms with Gasteiger partial charge >= 0.3 is 6.09 Å². The van der Waals surface area contributed by atoms with E-state index in [-0.39, 0.29) is 12.5 Å². The maximum absolute atomic E-state index is 12.7. The minimum Gasteiger partial charge on any atom is -0.444 e. The van der Waals surface area contributed by atoms with Gasteiger partial charge in [-0.2, -0.15) is 0 Å². The zero-order chi connectivity index (χ0) is 23.7. The number of amides is 2. The van der Waals surface area contributed by atoms with E-state index in [0.29, 0.717) is 12.1 Å². The van der Waals surface area contributed by atoms with Gasteiger partial charge in [-0.1, -0.05) is 50.3 Å². The van der Waals surface area contributed by atoms with Crippen molar-refractivity contribution >= 4 is 12.0 Å². The monoisotopic (exact) mass is 420 g/mol. The lowest BCUT2D eigenvalue weighted by molar-refractivity contribution is -0.122. The van der Waals surface area contributed by atoms with Gasteiger partial charge in [-0.15, -0.1) is 0 Å². The first-order chi connectivity index (χ1) is 14.1. The molecule has 1 unspecified atom stereocenters. The number of nitrogens with one attached hydrogen (secondary N) is 1. The van der Waals surface area contributed by atoms with Gasteiger partial charge in [0, 0.05) is 18.0 Å². The zero-order valence-electron chi connectivity index (χ0n) is 19.9. The van der Waals surface area contributed by atoms with Crippen LogP contribution in [0.15, 0.2) is 60.5 Å². The van der Waals surface area contributed by atoms with E-state index in [1.165, 1.54) is 11.0 Å². The minimum absolute atomic E-state index is 0.230. The molecular weight excluding hydrogens is 380 g/mol. The van der Waals surface area contributed by atoms with Crippen molar-refractivity contribution in [3.63, 3.8) is 0 Å². The summed E-state index contributed by atoms with van der Waals surface area (Å²) in [6, 6.07) is -0.545. The van der Waals surface area contributed by atoms with Crippen molar-refractivity contribution < 1.29 is 19.4 Å². The Balaban J connectivity index is 0. The number of rotatable bonds is 9. The highest BCUT2D eigenvalue weighted by molar-refractivity contribution is 5.90. The Morgan fingerprint density at radius 2 is 1.83 bits per heavy atom. The van der Waals surface area contributed by atoms with E-state index in [1.807, 2.05) is 33.8 Å². The number of nitrogens with zero attached hydrogens (tertiary/aromatic N) is 1. The van der Waals surface area contributed by atoms with Crippen LogP contribution >= 0.6 is 0 Å². The van der Waals surface area contributed by atoms with E-state index >= 15 is 0 Å². The topological polar surface area (TPSA) is 78.9 Å². The summed E-state index contributed by atoms with van der Waals surface area (Å²) in [4.78, 5) is 26.1. The summed E-state index contributed by atoms with van der Waals surface area (Å²) < 4.78 is 5.20. The van der Waals surface area contributed by atoms with Crippen molar-refractivity contribution in [3.8, 4) is 0 Å². The molecule has 0 aliphatic heterocycles. The fourth-order valence-electron chi connectivity index (χ4n) is 2.28. The van der Waals surface area contributed by atoms with Gasteiger partial charge in [0.1, 0.15) is 5.60 Å². The Morgan fingerprint density at radius 1 is 1.23 bits per heavy atom. The third-order valence-corrected chi connectivity index (χ3v) is 3.39. The summed E-state index contributed by atoms with van der Waals surface area (Å²) in [5, 5.41) is 12.2. The number of ether oxygens (including phenoxy) is 1. The summed E-state index contributed by atoms with van der Waals surface area (Å²) >= 11 is 0. The quantitative estimate of drug-likeness (QED) is 0.395. The summed E-state index contributed by atoms with van der Waals surface area (Å²) in [5.74, 6) is -0.230. The Morgan fingerprint density at radius 3 is 2.27 bits per heavy atom. The number of aliphatic hydroxyl groups excluding tert-OH is 1. The number of alkyl carbamates (subject to hydrolysis) is 1. The molecule has 0 aromatic carbocycles. The summed E-state index contributed by atoms with van der Waals surface area (Å²) in [7, 11) is 0. The molecule has 0 aliphatic carbocycles. The normalized spacial score (nSPS) is 13.5. The third-order valence-electron chi connectivity index (χ3n) is 3.39. The lowest BCUT2D eigenvalue weighted by Crippen LogP contribution is -2.41. The Labute approximate surface area is 182 Å². The second-order valence-corrected chi connectivity index (χ2v) is 7.22. The molecule has 0 radical (unpaired) electrons. The highest BCUT2D eigenvalue weighted by Crippen LogP contribution is 2.13. The Bertz CT molecular complexity index is 653. The molecule has 0 aromatic heterocycles. The number of carbonyl (C=O) groups excluding carboxylic acids is 2. The first kappa shape index (κ1) is 29.6. The molecule has 0 heterocycles. The number of carbonyl (C=O) groups is 2. The second kappa shape index (κ2) is 16.2. The van der Waals surface area contributed by atoms with E-state index in [2.05, 4.69) is 11.9 Å². The molecule has 1 atom stereocenters. The van der Waals surface area contributed by atoms with E-state index < -0.39 is 17.7 Å². The predicted molar refractivity (Wildman–Crippen MR) is 125 cm³/mol. The van der Waals surface area contributed by atoms with Crippen LogP contribution in [-0.4, -0.2) is 40.3 Å². The molecule has 6 heteroatoms. The van der Waals surface area contributed by atoms with Crippen molar-refractivity contribution in [1.82, 2.24) is 10.2 Å². The summed E-state index contributed by atoms with van der Waals surface area (Å²) in [6.07, 6.45) is 11.6. The lowest BCUT2D eigenvalue weighted by atomic mass is 10.1. The molecule has 170 valence electrons. The molecule has 0 rings (SSSR count). The molecule has 0 aromatic rings. The van der Waals surface area contributed by atoms with Crippen LogP contribution in [0.3, 0.4) is 0 Å². The fraction of sp³-hybridized carbons (Fsp3) is 0.500. The number of hydrogen-bond acceptors (Lipinski definition) is 4. The smallest absolute Gasteiger partial charge is 0.407 e. The highest BCUT2D eigenvalue weighted by Gasteiger charge is 2.20. The van der Waals surface area contributed by atoms with Crippen molar-refractivity contribution in [2.75, 3.05) is 6.61 Å². The number of hydrogen-bond donors (Lipinski definition) is 2. The van der Waals surface area contributed by atoms with Gasteiger partial charge in [-0.05, 0) is 54.0 Å². The number of aliphatic hydroxyl groups is 1. The average Bonchev–Trinajstić information content (AvgIpc) is 2.66. The van der Waals surface area contributed by atoms with Crippen molar-refractivity contribution in [2.45, 2.75) is 73.5 Å². The van der Waals surface area contributed by atoms with Gasteiger partial charge in [-0.25, -0.2) is 4.79 Å². The van der Waals surface area contributed by atoms with Crippen LogP contribution in [0.1, 0.15) is 61.8 Å². The minimum atomic E-state index is -0.625. The van der Waals surface area contributed by atoms with Crippen LogP contribution in [-0.2, 0) is 9.53 Å². The first-order valence-corrected chi connectivity index (χ1v) is 10.3. The van der Waals surface area contributed by atoms with Crippen molar-refractivity contribution in [2.24, 2.45) is 0 Å². The standard InChI is InChI=1S/C22H34N2O4.C2H6/c1-8-11-12-19(10-3)24(13-9-2)20(26)15-17(4)14-18(16-25)23-21(27)28-22(5,6)7;1-2/h8-13,15,18,25H,1,14,16H2,2-7H3,(H,23,27);1-2H3/b12-11-,13-9-,17-15+,19-10+;. The predicted octanol–water partition coefficient (Wildman–Crippen LogP) is 5.24. The third kappa shape index (κ3) is 13.6. The van der Waals surface area contributed by atoms with Gasteiger partial charge in [0.25, 0.3) is 5.91 Å². The van der Waals surface area contributed by atoms with Gasteiger partial charge < -0.3 is 15.2 Å². The van der Waals surface area contributed by atoms with E-state index in [9.17, 15) is 14.7 Å². The van der Waals surface area contributed by atoms with Crippen LogP contribution in [0.4, 0.5) is 4.79 Å². The van der Waals surface area contributed by atoms with E-state index in [4.69, 9.17) is 4.74 Å². The van der Waals surface area contributed by atoms with E-state index in [0.717, 1.165) is 5.57 Å². The second-order valence-electron chi connectivity index (χ2n) is 7.22. The fourth-order valence-corrected chi connectivity index (χ4v) is 2.28. The van der Waals surface area contributed by atoms with Crippen molar-refractivity contribution in [3.05, 3.63) is 60.5 Å². The van der Waals surface area contributed by atoms with Crippen LogP contribution in [0, 0.1) is 0 Å². The molecule has 2 N–H and O–H groups in total. The van der Waals surface area contributed by atoms with E-state index in [1.54, 1.807) is 58.2 Å². The lowest BCUT2D eigenvalue weighted by Gasteiger charge is -2.23. The molecule has 0 bridgehead atoms. The Kier molecular flexibility index (Phi) is 16.0. The van der Waals surface area contributed by atoms with Gasteiger partial charge in [0.05, 0.1) is 12.6 Å². The highest BCUT2D eigenvalue weighted by atomic mass is 16.6. The maximum atomic E-state index is 12.7. The number of allylic oxidation sites excluding steroid dienone is 5. The van der Waals surface area contributed by atoms with Gasteiger partial charge in [-0.3, -0.25) is 9.69 Å². The zero-order valence-corrected chi connectivity index (χ0v) is 19.9. The average molecular weight is 421 g/mol. The van der Waals surface area contributed by atoms with Crippen LogP contribution in [0.25, 0.3) is 0 Å². The summed E-state index contributed by atoms with van der Waals surface area (Å²) in [5.41, 5.74) is 0.801. The van der Waals surface area contributed by atoms with Crippen LogP contribution in [0.2, 0.25) is 0 Å². The molecule has 0 spiro atoms. The SMILES string of the molecule is C=C/C=C\C(=C/C)N(/C=C\C)C(=O)/C=C(\C)CC(CO)NC(=O)OC(C)(C)C.CC. The summed E-state index contributed by atoms with van der Waals surface area (Å²) in [6.45, 7) is 18.1. The molecular formula is C24H40N2O4. The van der Waals surface area contributed by atoms with Crippen molar-refractivity contribution in [1.29, 1.82) is 0 Å².